The van der Waals surface area contributed by atoms with Crippen LogP contribution in [0.4, 0.5) is 4.39 Å². The number of carbonyl (C=O) groups excluding carboxylic acids is 2. The molecule has 4 aromatic rings. The van der Waals surface area contributed by atoms with Gasteiger partial charge in [0.25, 0.3) is 0 Å². The Hall–Kier alpha value is -4.54. The van der Waals surface area contributed by atoms with Crippen molar-refractivity contribution in [2.75, 3.05) is 13.7 Å². The average molecular weight is 644 g/mol. The van der Waals surface area contributed by atoms with Gasteiger partial charge in [-0.15, -0.1) is 0 Å². The van der Waals surface area contributed by atoms with Crippen LogP contribution in [0.3, 0.4) is 0 Å². The van der Waals surface area contributed by atoms with Gasteiger partial charge in [0.05, 0.1) is 12.0 Å². The summed E-state index contributed by atoms with van der Waals surface area (Å²) in [4.78, 5) is 29.5. The van der Waals surface area contributed by atoms with E-state index in [1.54, 1.807) is 43.5 Å². The third kappa shape index (κ3) is 9.02. The normalized spacial score (nSPS) is 13.5. The number of carbonyl (C=O) groups is 2. The van der Waals surface area contributed by atoms with Crippen molar-refractivity contribution in [2.45, 2.75) is 55.6 Å². The van der Waals surface area contributed by atoms with Crippen molar-refractivity contribution in [1.82, 2.24) is 14.9 Å². The molecule has 1 atom stereocenters. The molecule has 8 nitrogen and oxygen atoms in total. The fraction of sp³-hybridized carbons (Fsp3) is 0.278. The number of hydrogen-bond acceptors (Lipinski definition) is 5. The second-order valence-corrected chi connectivity index (χ2v) is 13.1. The van der Waals surface area contributed by atoms with Crippen LogP contribution in [0.5, 0.6) is 5.75 Å². The second-order valence-electron chi connectivity index (χ2n) is 11.4. The highest BCUT2D eigenvalue weighted by molar-refractivity contribution is 7.89. The maximum absolute atomic E-state index is 14.0. The van der Waals surface area contributed by atoms with Crippen LogP contribution in [0.1, 0.15) is 47.6 Å². The molecule has 2 amide bonds. The fourth-order valence-electron chi connectivity index (χ4n) is 5.16. The summed E-state index contributed by atoms with van der Waals surface area (Å²) in [7, 11) is -1.97. The van der Waals surface area contributed by atoms with E-state index in [0.29, 0.717) is 30.5 Å². The first-order valence-corrected chi connectivity index (χ1v) is 16.8. The molecule has 0 radical (unpaired) electrons. The van der Waals surface area contributed by atoms with E-state index in [1.807, 2.05) is 54.6 Å². The molecule has 0 bridgehead atoms. The molecule has 0 aromatic heterocycles. The van der Waals surface area contributed by atoms with E-state index in [2.05, 4.69) is 10.0 Å². The third-order valence-electron chi connectivity index (χ3n) is 7.89. The molecule has 2 N–H and O–H groups in total. The number of benzene rings is 4. The van der Waals surface area contributed by atoms with E-state index in [9.17, 15) is 22.4 Å². The average Bonchev–Trinajstić information content (AvgIpc) is 3.88. The van der Waals surface area contributed by atoms with E-state index >= 15 is 0 Å². The molecule has 1 aliphatic carbocycles. The maximum Gasteiger partial charge on any atom is 0.247 e. The number of methoxy groups -OCH3 is 1. The first-order valence-electron chi connectivity index (χ1n) is 15.3. The van der Waals surface area contributed by atoms with Gasteiger partial charge < -0.3 is 15.0 Å². The molecule has 1 saturated carbocycles. The monoisotopic (exact) mass is 643 g/mol. The summed E-state index contributed by atoms with van der Waals surface area (Å²) in [6, 6.07) is 28.2. The molecule has 0 saturated heterocycles. The summed E-state index contributed by atoms with van der Waals surface area (Å²) < 4.78 is 46.8. The molecule has 0 heterocycles. The highest BCUT2D eigenvalue weighted by Gasteiger charge is 2.31. The quantitative estimate of drug-likeness (QED) is 0.182. The summed E-state index contributed by atoms with van der Waals surface area (Å²) in [5, 5.41) is 3.01. The Bertz CT molecular complexity index is 1710. The summed E-state index contributed by atoms with van der Waals surface area (Å²) in [5.41, 5.74) is 3.15. The zero-order valence-electron chi connectivity index (χ0n) is 25.7. The predicted molar refractivity (Wildman–Crippen MR) is 174 cm³/mol. The molecule has 0 aliphatic heterocycles. The van der Waals surface area contributed by atoms with Crippen molar-refractivity contribution in [3.8, 4) is 5.75 Å². The fourth-order valence-corrected chi connectivity index (χ4v) is 6.46. The summed E-state index contributed by atoms with van der Waals surface area (Å²) >= 11 is 0. The lowest BCUT2D eigenvalue weighted by Crippen LogP contribution is -2.44. The van der Waals surface area contributed by atoms with Gasteiger partial charge in [0.15, 0.2) is 0 Å². The lowest BCUT2D eigenvalue weighted by atomic mass is 10.0. The molecule has 1 fully saturated rings. The Morgan fingerprint density at radius 1 is 0.848 bits per heavy atom. The van der Waals surface area contributed by atoms with Crippen molar-refractivity contribution in [2.24, 2.45) is 0 Å². The van der Waals surface area contributed by atoms with Gasteiger partial charge >= 0.3 is 0 Å². The number of sulfonamides is 1. The second kappa shape index (κ2) is 15.2. The van der Waals surface area contributed by atoms with Gasteiger partial charge in [0, 0.05) is 25.6 Å². The van der Waals surface area contributed by atoms with Gasteiger partial charge in [0.2, 0.25) is 21.8 Å². The van der Waals surface area contributed by atoms with Crippen LogP contribution in [0.15, 0.2) is 108 Å². The highest BCUT2D eigenvalue weighted by atomic mass is 32.2. The summed E-state index contributed by atoms with van der Waals surface area (Å²) in [5.74, 6) is -0.239. The van der Waals surface area contributed by atoms with E-state index in [4.69, 9.17) is 4.74 Å². The number of halogens is 1. The Labute approximate surface area is 269 Å². The molecule has 4 aromatic carbocycles. The van der Waals surface area contributed by atoms with Crippen LogP contribution >= 0.6 is 0 Å². The Balaban J connectivity index is 1.33. The first kappa shape index (κ1) is 32.8. The molecular weight excluding hydrogens is 605 g/mol. The van der Waals surface area contributed by atoms with Crippen molar-refractivity contribution < 1.29 is 27.1 Å². The SMILES string of the molecule is COc1ccc(CCNC(=O)[C@@H](c2ccccc2)N(Cc2ccc(F)cc2)C(=O)CCc2ccc(S(=O)(=O)NC3CC3)cc2)cc1. The zero-order chi connectivity index (χ0) is 32.5. The third-order valence-corrected chi connectivity index (χ3v) is 9.43. The molecule has 10 heteroatoms. The number of nitrogens with one attached hydrogen (secondary N) is 2. The minimum Gasteiger partial charge on any atom is -0.497 e. The van der Waals surface area contributed by atoms with Gasteiger partial charge in [-0.3, -0.25) is 9.59 Å². The van der Waals surface area contributed by atoms with Crippen LogP contribution in [0, 0.1) is 5.82 Å². The lowest BCUT2D eigenvalue weighted by molar-refractivity contribution is -0.141. The molecule has 46 heavy (non-hydrogen) atoms. The molecule has 0 unspecified atom stereocenters. The standard InChI is InChI=1S/C36H38FN3O5S/c1-45-32-18-9-27(10-19-32)23-24-38-36(42)35(29-5-3-2-4-6-29)40(25-28-7-14-30(37)15-8-28)34(41)22-13-26-11-20-33(21-12-26)46(43,44)39-31-16-17-31/h2-12,14-15,18-21,31,35,39H,13,16-17,22-25H2,1H3,(H,38,42)/t35-/m1/s1. The molecule has 5 rings (SSSR count). The first-order chi connectivity index (χ1) is 22.2. The minimum atomic E-state index is -3.58. The number of aryl methyl sites for hydroxylation is 1. The number of nitrogens with zero attached hydrogens (tertiary/aromatic N) is 1. The summed E-state index contributed by atoms with van der Waals surface area (Å²) in [6.07, 6.45) is 2.70. The lowest BCUT2D eigenvalue weighted by Gasteiger charge is -2.32. The molecule has 240 valence electrons. The topological polar surface area (TPSA) is 105 Å². The Morgan fingerprint density at radius 3 is 2.09 bits per heavy atom. The Kier molecular flexibility index (Phi) is 10.8. The van der Waals surface area contributed by atoms with Crippen LogP contribution < -0.4 is 14.8 Å². The number of hydrogen-bond donors (Lipinski definition) is 2. The zero-order valence-corrected chi connectivity index (χ0v) is 26.5. The number of amides is 2. The van der Waals surface area contributed by atoms with Crippen molar-refractivity contribution >= 4 is 21.8 Å². The smallest absolute Gasteiger partial charge is 0.247 e. The van der Waals surface area contributed by atoms with Gasteiger partial charge in [-0.2, -0.15) is 0 Å². The van der Waals surface area contributed by atoms with Crippen LogP contribution in [0.2, 0.25) is 0 Å². The van der Waals surface area contributed by atoms with E-state index in [-0.39, 0.29) is 35.7 Å². The molecular formula is C36H38FN3O5S. The maximum atomic E-state index is 14.0. The van der Waals surface area contributed by atoms with E-state index < -0.39 is 21.9 Å². The highest BCUT2D eigenvalue weighted by Crippen LogP contribution is 2.26. The minimum absolute atomic E-state index is 0.00611. The molecule has 0 spiro atoms. The number of rotatable bonds is 15. The molecule has 1 aliphatic rings. The van der Waals surface area contributed by atoms with Crippen LogP contribution in [0.25, 0.3) is 0 Å². The van der Waals surface area contributed by atoms with Crippen molar-refractivity contribution in [1.29, 1.82) is 0 Å². The van der Waals surface area contributed by atoms with Gasteiger partial charge in [-0.25, -0.2) is 17.5 Å². The number of ether oxygens (including phenoxy) is 1. The van der Waals surface area contributed by atoms with Gasteiger partial charge in [0.1, 0.15) is 17.6 Å². The summed E-state index contributed by atoms with van der Waals surface area (Å²) in [6.45, 7) is 0.451. The van der Waals surface area contributed by atoms with Crippen LogP contribution in [-0.4, -0.2) is 44.8 Å². The predicted octanol–water partition coefficient (Wildman–Crippen LogP) is 5.34. The largest absolute Gasteiger partial charge is 0.497 e. The van der Waals surface area contributed by atoms with Crippen molar-refractivity contribution in [3.05, 3.63) is 131 Å². The van der Waals surface area contributed by atoms with E-state index in [1.165, 1.54) is 17.0 Å². The Morgan fingerprint density at radius 2 is 1.46 bits per heavy atom. The van der Waals surface area contributed by atoms with Crippen LogP contribution in [-0.2, 0) is 39.0 Å². The van der Waals surface area contributed by atoms with Gasteiger partial charge in [-0.1, -0.05) is 66.7 Å². The van der Waals surface area contributed by atoms with E-state index in [0.717, 1.165) is 29.7 Å². The van der Waals surface area contributed by atoms with Gasteiger partial charge in [-0.05, 0) is 84.3 Å². The van der Waals surface area contributed by atoms with Crippen molar-refractivity contribution in [3.63, 3.8) is 0 Å².